The average Bonchev–Trinajstić information content (AvgIpc) is 3.08. The van der Waals surface area contributed by atoms with Gasteiger partial charge in [-0.25, -0.2) is 0 Å². The lowest BCUT2D eigenvalue weighted by molar-refractivity contribution is -0.116. The summed E-state index contributed by atoms with van der Waals surface area (Å²) < 4.78 is 3.22. The number of aryl methyl sites for hydroxylation is 1. The van der Waals surface area contributed by atoms with E-state index in [9.17, 15) is 4.79 Å². The van der Waals surface area contributed by atoms with Gasteiger partial charge in [0.15, 0.2) is 0 Å². The summed E-state index contributed by atoms with van der Waals surface area (Å²) in [4.78, 5) is 12.1. The molecule has 1 aromatic carbocycles. The average molecular weight is 364 g/mol. The van der Waals surface area contributed by atoms with Crippen molar-refractivity contribution in [1.82, 2.24) is 19.6 Å². The Hall–Kier alpha value is -2.31. The van der Waals surface area contributed by atoms with Crippen molar-refractivity contribution in [1.29, 1.82) is 0 Å². The minimum Gasteiger partial charge on any atom is -0.322 e. The Morgan fingerprint density at radius 1 is 1.17 bits per heavy atom. The first-order valence-corrected chi connectivity index (χ1v) is 8.02. The summed E-state index contributed by atoms with van der Waals surface area (Å²) in [5, 5.41) is 12.4. The molecule has 0 aliphatic carbocycles. The largest absolute Gasteiger partial charge is 0.322 e. The van der Waals surface area contributed by atoms with Gasteiger partial charge < -0.3 is 5.32 Å². The summed E-state index contributed by atoms with van der Waals surface area (Å²) in [5.41, 5.74) is 2.26. The van der Waals surface area contributed by atoms with Gasteiger partial charge in [-0.15, -0.1) is 0 Å². The first kappa shape index (κ1) is 16.5. The van der Waals surface area contributed by atoms with Crippen LogP contribution in [0.2, 0.25) is 10.0 Å². The Morgan fingerprint density at radius 3 is 2.67 bits per heavy atom. The summed E-state index contributed by atoms with van der Waals surface area (Å²) >= 11 is 12.1. The minimum atomic E-state index is -0.202. The number of rotatable bonds is 5. The van der Waals surface area contributed by atoms with Crippen molar-refractivity contribution in [3.63, 3.8) is 0 Å². The number of amides is 1. The zero-order valence-corrected chi connectivity index (χ0v) is 14.4. The van der Waals surface area contributed by atoms with Crippen molar-refractivity contribution in [3.05, 3.63) is 64.2 Å². The number of benzene rings is 1. The van der Waals surface area contributed by atoms with Crippen molar-refractivity contribution in [2.75, 3.05) is 5.32 Å². The molecular formula is C16H15Cl2N5O. The Morgan fingerprint density at radius 2 is 1.96 bits per heavy atom. The molecule has 0 aliphatic heterocycles. The van der Waals surface area contributed by atoms with Crippen molar-refractivity contribution < 1.29 is 4.79 Å². The van der Waals surface area contributed by atoms with Gasteiger partial charge in [0.25, 0.3) is 0 Å². The van der Waals surface area contributed by atoms with Crippen LogP contribution in [0.5, 0.6) is 0 Å². The zero-order chi connectivity index (χ0) is 17.1. The number of aromatic nitrogens is 4. The van der Waals surface area contributed by atoms with Gasteiger partial charge in [0.1, 0.15) is 6.54 Å². The number of nitrogens with one attached hydrogen (secondary N) is 1. The number of carbonyl (C=O) groups excluding carboxylic acids is 1. The van der Waals surface area contributed by atoms with E-state index in [1.807, 2.05) is 24.3 Å². The standard InChI is InChI=1S/C16H15Cl2N5O/c1-11-15(18)9-23(21-11)10-16(24)20-13-6-19-22(8-13)7-12-4-2-3-5-14(12)17/h2-6,8-9H,7,10H2,1H3,(H,20,24). The predicted octanol–water partition coefficient (Wildman–Crippen LogP) is 3.38. The fourth-order valence-electron chi connectivity index (χ4n) is 2.24. The van der Waals surface area contributed by atoms with E-state index >= 15 is 0 Å². The van der Waals surface area contributed by atoms with Crippen molar-refractivity contribution in [3.8, 4) is 0 Å². The van der Waals surface area contributed by atoms with Gasteiger partial charge in [0.2, 0.25) is 5.91 Å². The molecule has 0 atom stereocenters. The molecule has 24 heavy (non-hydrogen) atoms. The smallest absolute Gasteiger partial charge is 0.246 e. The van der Waals surface area contributed by atoms with Crippen LogP contribution in [0, 0.1) is 6.92 Å². The molecule has 0 radical (unpaired) electrons. The van der Waals surface area contributed by atoms with Crippen molar-refractivity contribution in [2.24, 2.45) is 0 Å². The molecule has 0 bridgehead atoms. The molecule has 0 spiro atoms. The van der Waals surface area contributed by atoms with Crippen LogP contribution in [0.1, 0.15) is 11.3 Å². The molecular weight excluding hydrogens is 349 g/mol. The highest BCUT2D eigenvalue weighted by Crippen LogP contribution is 2.17. The Labute approximate surface area is 149 Å². The van der Waals surface area contributed by atoms with Gasteiger partial charge in [-0.05, 0) is 18.6 Å². The van der Waals surface area contributed by atoms with Gasteiger partial charge in [-0.2, -0.15) is 10.2 Å². The quantitative estimate of drug-likeness (QED) is 0.755. The highest BCUT2D eigenvalue weighted by molar-refractivity contribution is 6.31. The third-order valence-electron chi connectivity index (χ3n) is 3.40. The maximum Gasteiger partial charge on any atom is 0.246 e. The molecule has 2 heterocycles. The van der Waals surface area contributed by atoms with Crippen LogP contribution in [-0.2, 0) is 17.9 Å². The van der Waals surface area contributed by atoms with Gasteiger partial charge in [-0.3, -0.25) is 14.2 Å². The van der Waals surface area contributed by atoms with Crippen LogP contribution in [-0.4, -0.2) is 25.5 Å². The maximum atomic E-state index is 12.1. The Bertz CT molecular complexity index is 851. The lowest BCUT2D eigenvalue weighted by Gasteiger charge is -2.04. The fourth-order valence-corrected chi connectivity index (χ4v) is 2.58. The van der Waals surface area contributed by atoms with Gasteiger partial charge >= 0.3 is 0 Å². The molecule has 0 unspecified atom stereocenters. The van der Waals surface area contributed by atoms with Crippen LogP contribution in [0.25, 0.3) is 0 Å². The first-order chi connectivity index (χ1) is 11.5. The zero-order valence-electron chi connectivity index (χ0n) is 12.9. The lowest BCUT2D eigenvalue weighted by atomic mass is 10.2. The molecule has 3 aromatic rings. The summed E-state index contributed by atoms with van der Waals surface area (Å²) in [6.07, 6.45) is 4.97. The second-order valence-corrected chi connectivity index (χ2v) is 6.14. The Balaban J connectivity index is 1.61. The van der Waals surface area contributed by atoms with E-state index in [0.717, 1.165) is 5.56 Å². The van der Waals surface area contributed by atoms with E-state index in [0.29, 0.717) is 28.0 Å². The molecule has 1 N–H and O–H groups in total. The predicted molar refractivity (Wildman–Crippen MR) is 93.4 cm³/mol. The monoisotopic (exact) mass is 363 g/mol. The van der Waals surface area contributed by atoms with E-state index in [4.69, 9.17) is 23.2 Å². The highest BCUT2D eigenvalue weighted by atomic mass is 35.5. The topological polar surface area (TPSA) is 64.7 Å². The van der Waals surface area contributed by atoms with E-state index in [1.165, 1.54) is 4.68 Å². The second kappa shape index (κ2) is 7.07. The van der Waals surface area contributed by atoms with Crippen LogP contribution in [0.4, 0.5) is 5.69 Å². The maximum absolute atomic E-state index is 12.1. The summed E-state index contributed by atoms with van der Waals surface area (Å²) in [5.74, 6) is -0.202. The van der Waals surface area contributed by atoms with Crippen molar-refractivity contribution in [2.45, 2.75) is 20.0 Å². The fraction of sp³-hybridized carbons (Fsp3) is 0.188. The first-order valence-electron chi connectivity index (χ1n) is 7.26. The van der Waals surface area contributed by atoms with Gasteiger partial charge in [0.05, 0.1) is 29.1 Å². The van der Waals surface area contributed by atoms with Crippen LogP contribution in [0.15, 0.2) is 42.9 Å². The normalized spacial score (nSPS) is 10.8. The van der Waals surface area contributed by atoms with E-state index in [1.54, 1.807) is 30.2 Å². The molecule has 0 saturated heterocycles. The molecule has 3 rings (SSSR count). The molecule has 2 aromatic heterocycles. The Kier molecular flexibility index (Phi) is 4.87. The minimum absolute atomic E-state index is 0.0866. The SMILES string of the molecule is Cc1nn(CC(=O)Nc2cnn(Cc3ccccc3Cl)c2)cc1Cl. The number of halogens is 2. The molecule has 0 aliphatic rings. The number of hydrogen-bond acceptors (Lipinski definition) is 3. The summed E-state index contributed by atoms with van der Waals surface area (Å²) in [7, 11) is 0. The van der Waals surface area contributed by atoms with Crippen molar-refractivity contribution >= 4 is 34.8 Å². The number of nitrogens with zero attached hydrogens (tertiary/aromatic N) is 4. The molecule has 1 amide bonds. The second-order valence-electron chi connectivity index (χ2n) is 5.33. The molecule has 124 valence electrons. The third kappa shape index (κ3) is 3.96. The van der Waals surface area contributed by atoms with Gasteiger partial charge in [0, 0.05) is 17.4 Å². The third-order valence-corrected chi connectivity index (χ3v) is 4.14. The van der Waals surface area contributed by atoms with Crippen LogP contribution in [0.3, 0.4) is 0 Å². The van der Waals surface area contributed by atoms with E-state index < -0.39 is 0 Å². The van der Waals surface area contributed by atoms with E-state index in [-0.39, 0.29) is 12.5 Å². The van der Waals surface area contributed by atoms with Crippen LogP contribution >= 0.6 is 23.2 Å². The number of hydrogen-bond donors (Lipinski definition) is 1. The number of carbonyl (C=O) groups is 1. The molecule has 8 heteroatoms. The lowest BCUT2D eigenvalue weighted by Crippen LogP contribution is -2.18. The summed E-state index contributed by atoms with van der Waals surface area (Å²) in [6, 6.07) is 7.57. The molecule has 0 fully saturated rings. The van der Waals surface area contributed by atoms with E-state index in [2.05, 4.69) is 15.5 Å². The molecule has 6 nitrogen and oxygen atoms in total. The van der Waals surface area contributed by atoms with Gasteiger partial charge in [-0.1, -0.05) is 41.4 Å². The van der Waals surface area contributed by atoms with Crippen LogP contribution < -0.4 is 5.32 Å². The summed E-state index contributed by atoms with van der Waals surface area (Å²) in [6.45, 7) is 2.40. The molecule has 0 saturated carbocycles. The highest BCUT2D eigenvalue weighted by Gasteiger charge is 2.09. The number of anilines is 1.